The number of ketones is 2. The van der Waals surface area contributed by atoms with Gasteiger partial charge in [0.1, 0.15) is 5.76 Å². The van der Waals surface area contributed by atoms with E-state index in [0.717, 1.165) is 18.4 Å². The maximum atomic E-state index is 12.8. The van der Waals surface area contributed by atoms with E-state index in [4.69, 9.17) is 4.74 Å². The quantitative estimate of drug-likeness (QED) is 0.333. The summed E-state index contributed by atoms with van der Waals surface area (Å²) in [5, 5.41) is 0. The number of carbonyl (C=O) groups excluding carboxylic acids is 3. The second kappa shape index (κ2) is 9.69. The third-order valence-electron chi connectivity index (χ3n) is 4.20. The molecule has 1 aliphatic rings. The van der Waals surface area contributed by atoms with Crippen LogP contribution in [0.25, 0.3) is 0 Å². The van der Waals surface area contributed by atoms with Crippen molar-refractivity contribution in [1.29, 1.82) is 0 Å². The number of hydrogen-bond donors (Lipinski definition) is 0. The number of rotatable bonds is 10. The molecular weight excluding hydrogens is 316 g/mol. The highest BCUT2D eigenvalue weighted by Crippen LogP contribution is 2.35. The highest BCUT2D eigenvalue weighted by Gasteiger charge is 2.38. The van der Waals surface area contributed by atoms with Gasteiger partial charge in [-0.3, -0.25) is 14.4 Å². The zero-order chi connectivity index (χ0) is 19.1. The number of hydrogen-bond acceptors (Lipinski definition) is 4. The number of ether oxygens (including phenoxy) is 1. The van der Waals surface area contributed by atoms with Crippen LogP contribution in [0.2, 0.25) is 0 Å². The Kier molecular flexibility index (Phi) is 8.27. The van der Waals surface area contributed by atoms with Crippen molar-refractivity contribution in [3.05, 3.63) is 23.0 Å². The fourth-order valence-corrected chi connectivity index (χ4v) is 2.99. The van der Waals surface area contributed by atoms with E-state index >= 15 is 0 Å². The van der Waals surface area contributed by atoms with Crippen LogP contribution in [-0.2, 0) is 19.1 Å². The molecule has 0 aromatic rings. The molecule has 4 nitrogen and oxygen atoms in total. The van der Waals surface area contributed by atoms with Gasteiger partial charge >= 0.3 is 0 Å². The normalized spacial score (nSPS) is 18.7. The third kappa shape index (κ3) is 6.60. The van der Waals surface area contributed by atoms with E-state index in [0.29, 0.717) is 30.8 Å². The first kappa shape index (κ1) is 21.3. The fourth-order valence-electron chi connectivity index (χ4n) is 2.99. The van der Waals surface area contributed by atoms with Gasteiger partial charge in [-0.15, -0.1) is 0 Å². The van der Waals surface area contributed by atoms with Crippen molar-refractivity contribution >= 4 is 17.9 Å². The molecule has 0 saturated heterocycles. The summed E-state index contributed by atoms with van der Waals surface area (Å²) in [4.78, 5) is 36.7. The molecule has 0 radical (unpaired) electrons. The zero-order valence-corrected chi connectivity index (χ0v) is 16.4. The molecule has 140 valence electrons. The van der Waals surface area contributed by atoms with Gasteiger partial charge in [0.2, 0.25) is 0 Å². The minimum atomic E-state index is -0.751. The van der Waals surface area contributed by atoms with Crippen molar-refractivity contribution in [3.63, 3.8) is 0 Å². The van der Waals surface area contributed by atoms with Crippen LogP contribution in [0.3, 0.4) is 0 Å². The highest BCUT2D eigenvalue weighted by atomic mass is 16.5. The molecule has 0 bridgehead atoms. The summed E-state index contributed by atoms with van der Waals surface area (Å²) in [6.07, 6.45) is 4.08. The first-order valence-electron chi connectivity index (χ1n) is 9.23. The van der Waals surface area contributed by atoms with Gasteiger partial charge < -0.3 is 4.74 Å². The standard InChI is InChI=1S/C21H32O4/c1-13(2)7-8-16-11-19(25-17(12-22)9-14(3)4)20(21(16)24)18(23)10-15(5)6/h9,12-13,15-17H,7-8,10-11H2,1-6H3/t16-,17?/m0/s1. The van der Waals surface area contributed by atoms with Crippen LogP contribution in [0.4, 0.5) is 0 Å². The Morgan fingerprint density at radius 1 is 1.20 bits per heavy atom. The Hall–Kier alpha value is -1.71. The van der Waals surface area contributed by atoms with Crippen LogP contribution in [0, 0.1) is 17.8 Å². The molecule has 0 fully saturated rings. The Morgan fingerprint density at radius 2 is 1.84 bits per heavy atom. The Morgan fingerprint density at radius 3 is 2.32 bits per heavy atom. The fraction of sp³-hybridized carbons (Fsp3) is 0.667. The van der Waals surface area contributed by atoms with Gasteiger partial charge in [0.25, 0.3) is 0 Å². The molecule has 25 heavy (non-hydrogen) atoms. The first-order chi connectivity index (χ1) is 11.6. The summed E-state index contributed by atoms with van der Waals surface area (Å²) in [5.74, 6) is 0.595. The summed E-state index contributed by atoms with van der Waals surface area (Å²) in [6.45, 7) is 11.9. The van der Waals surface area contributed by atoms with E-state index in [-0.39, 0.29) is 29.0 Å². The van der Waals surface area contributed by atoms with E-state index in [1.165, 1.54) is 0 Å². The third-order valence-corrected chi connectivity index (χ3v) is 4.20. The molecular formula is C21H32O4. The second-order valence-electron chi connectivity index (χ2n) is 8.02. The molecule has 0 aliphatic heterocycles. The smallest absolute Gasteiger partial charge is 0.173 e. The molecule has 0 spiro atoms. The molecule has 0 aromatic heterocycles. The van der Waals surface area contributed by atoms with Crippen LogP contribution in [0.15, 0.2) is 23.0 Å². The van der Waals surface area contributed by atoms with Crippen molar-refractivity contribution in [2.75, 3.05) is 0 Å². The lowest BCUT2D eigenvalue weighted by Gasteiger charge is -2.14. The lowest BCUT2D eigenvalue weighted by atomic mass is 9.92. The molecule has 0 saturated carbocycles. The van der Waals surface area contributed by atoms with Gasteiger partial charge in [-0.1, -0.05) is 39.7 Å². The molecule has 0 N–H and O–H groups in total. The molecule has 2 atom stereocenters. The van der Waals surface area contributed by atoms with Crippen LogP contribution < -0.4 is 0 Å². The average molecular weight is 348 g/mol. The first-order valence-corrected chi connectivity index (χ1v) is 9.23. The van der Waals surface area contributed by atoms with Gasteiger partial charge in [0.05, 0.1) is 5.57 Å². The molecule has 1 rings (SSSR count). The largest absolute Gasteiger partial charge is 0.482 e. The van der Waals surface area contributed by atoms with Gasteiger partial charge in [-0.05, 0) is 38.2 Å². The van der Waals surface area contributed by atoms with Crippen LogP contribution in [-0.4, -0.2) is 24.0 Å². The van der Waals surface area contributed by atoms with E-state index in [1.807, 2.05) is 27.7 Å². The number of Topliss-reactive ketones (excluding diaryl/α,β-unsaturated/α-hetero) is 2. The highest BCUT2D eigenvalue weighted by molar-refractivity contribution is 6.22. The minimum Gasteiger partial charge on any atom is -0.482 e. The molecule has 0 aromatic carbocycles. The van der Waals surface area contributed by atoms with Gasteiger partial charge in [0, 0.05) is 18.8 Å². The number of aldehydes is 1. The summed E-state index contributed by atoms with van der Waals surface area (Å²) in [7, 11) is 0. The number of allylic oxidation sites excluding steroid dienone is 3. The molecule has 0 amide bonds. The lowest BCUT2D eigenvalue weighted by molar-refractivity contribution is -0.123. The maximum absolute atomic E-state index is 12.8. The average Bonchev–Trinajstić information content (AvgIpc) is 2.79. The molecule has 4 heteroatoms. The number of carbonyl (C=O) groups is 3. The van der Waals surface area contributed by atoms with Crippen molar-refractivity contribution in [1.82, 2.24) is 0 Å². The van der Waals surface area contributed by atoms with Crippen LogP contribution in [0.5, 0.6) is 0 Å². The lowest BCUT2D eigenvalue weighted by Crippen LogP contribution is -2.18. The molecule has 0 heterocycles. The summed E-state index contributed by atoms with van der Waals surface area (Å²) in [5.41, 5.74) is 1.14. The predicted molar refractivity (Wildman–Crippen MR) is 99.0 cm³/mol. The van der Waals surface area contributed by atoms with E-state index in [1.54, 1.807) is 6.08 Å². The van der Waals surface area contributed by atoms with E-state index in [2.05, 4.69) is 13.8 Å². The van der Waals surface area contributed by atoms with Crippen molar-refractivity contribution in [3.8, 4) is 0 Å². The summed E-state index contributed by atoms with van der Waals surface area (Å²) in [6, 6.07) is 0. The zero-order valence-electron chi connectivity index (χ0n) is 16.4. The van der Waals surface area contributed by atoms with Crippen molar-refractivity contribution in [2.24, 2.45) is 17.8 Å². The maximum Gasteiger partial charge on any atom is 0.173 e. The van der Waals surface area contributed by atoms with Gasteiger partial charge in [-0.25, -0.2) is 0 Å². The SMILES string of the molecule is CC(C)=CC(C=O)OC1=C(C(=O)CC(C)C)C(=O)[C@@H](CCC(C)C)C1. The molecule has 1 unspecified atom stereocenters. The molecule has 1 aliphatic carbocycles. The van der Waals surface area contributed by atoms with E-state index < -0.39 is 6.10 Å². The van der Waals surface area contributed by atoms with Crippen molar-refractivity contribution < 1.29 is 19.1 Å². The van der Waals surface area contributed by atoms with Crippen LogP contribution in [0.1, 0.15) is 67.2 Å². The van der Waals surface area contributed by atoms with Crippen molar-refractivity contribution in [2.45, 2.75) is 73.3 Å². The monoisotopic (exact) mass is 348 g/mol. The van der Waals surface area contributed by atoms with Gasteiger partial charge in [-0.2, -0.15) is 0 Å². The summed E-state index contributed by atoms with van der Waals surface area (Å²) < 4.78 is 5.79. The minimum absolute atomic E-state index is 0.108. The Balaban J connectivity index is 3.06. The topological polar surface area (TPSA) is 60.4 Å². The Labute approximate surface area is 151 Å². The van der Waals surface area contributed by atoms with Crippen LogP contribution >= 0.6 is 0 Å². The Bertz CT molecular complexity index is 562. The van der Waals surface area contributed by atoms with Gasteiger partial charge in [0.15, 0.2) is 24.0 Å². The predicted octanol–water partition coefficient (Wildman–Crippen LogP) is 4.43. The second-order valence-corrected chi connectivity index (χ2v) is 8.02. The summed E-state index contributed by atoms with van der Waals surface area (Å²) >= 11 is 0. The van der Waals surface area contributed by atoms with E-state index in [9.17, 15) is 14.4 Å².